The Kier molecular flexibility index (Phi) is 9.16. The summed E-state index contributed by atoms with van der Waals surface area (Å²) in [5.41, 5.74) is -1.84. The van der Waals surface area contributed by atoms with Crippen LogP contribution >= 0.6 is 11.6 Å². The monoisotopic (exact) mass is 572 g/mol. The standard InChI is InChI=1S/C32H25ClO8/c1-2-3-18-40-32(39)23-24(26(34)19-10-6-4-7-11-19)28(36)29(37)30(41-31(38)21-12-8-5-9-13-21)25(23)27(35)20-14-16-22(33)17-15-20/h4-17,36-37H,2-3,18H2,1H3. The number of ether oxygens (including phenoxy) is 2. The fourth-order valence-corrected chi connectivity index (χ4v) is 4.16. The normalized spacial score (nSPS) is 10.6. The lowest BCUT2D eigenvalue weighted by Gasteiger charge is -2.20. The molecule has 0 aromatic heterocycles. The van der Waals surface area contributed by atoms with E-state index in [9.17, 15) is 29.4 Å². The summed E-state index contributed by atoms with van der Waals surface area (Å²) in [4.78, 5) is 54.3. The first-order valence-electron chi connectivity index (χ1n) is 12.7. The fourth-order valence-electron chi connectivity index (χ4n) is 4.03. The van der Waals surface area contributed by atoms with Crippen LogP contribution in [0.25, 0.3) is 0 Å². The molecular weight excluding hydrogens is 548 g/mol. The quantitative estimate of drug-likeness (QED) is 0.0735. The van der Waals surface area contributed by atoms with Crippen LogP contribution in [0.15, 0.2) is 84.9 Å². The highest BCUT2D eigenvalue weighted by Crippen LogP contribution is 2.46. The number of esters is 2. The molecule has 0 saturated heterocycles. The minimum Gasteiger partial charge on any atom is -0.504 e. The maximum atomic E-state index is 14.0. The predicted octanol–water partition coefficient (Wildman–Crippen LogP) is 6.39. The second kappa shape index (κ2) is 12.9. The van der Waals surface area contributed by atoms with Gasteiger partial charge in [0, 0.05) is 16.1 Å². The number of ketones is 2. The van der Waals surface area contributed by atoms with E-state index in [1.54, 1.807) is 36.4 Å². The lowest BCUT2D eigenvalue weighted by atomic mass is 9.88. The highest BCUT2D eigenvalue weighted by atomic mass is 35.5. The van der Waals surface area contributed by atoms with Gasteiger partial charge in [0.2, 0.25) is 5.75 Å². The van der Waals surface area contributed by atoms with Crippen LogP contribution in [-0.2, 0) is 4.74 Å². The first-order chi connectivity index (χ1) is 19.7. The Hall–Kier alpha value is -4.95. The number of benzene rings is 4. The Bertz CT molecular complexity index is 1600. The molecule has 41 heavy (non-hydrogen) atoms. The molecule has 0 spiro atoms. The van der Waals surface area contributed by atoms with Gasteiger partial charge in [-0.05, 0) is 42.8 Å². The molecule has 4 aromatic rings. The number of hydrogen-bond acceptors (Lipinski definition) is 8. The van der Waals surface area contributed by atoms with Crippen molar-refractivity contribution < 1.29 is 38.9 Å². The van der Waals surface area contributed by atoms with Crippen molar-refractivity contribution >= 4 is 35.1 Å². The van der Waals surface area contributed by atoms with Crippen LogP contribution in [0.2, 0.25) is 5.02 Å². The van der Waals surface area contributed by atoms with Crippen molar-refractivity contribution in [2.24, 2.45) is 0 Å². The van der Waals surface area contributed by atoms with E-state index >= 15 is 0 Å². The molecule has 0 radical (unpaired) electrons. The molecule has 0 fully saturated rings. The third-order valence-corrected chi connectivity index (χ3v) is 6.39. The largest absolute Gasteiger partial charge is 0.504 e. The van der Waals surface area contributed by atoms with Crippen molar-refractivity contribution in [2.45, 2.75) is 19.8 Å². The number of hydrogen-bond donors (Lipinski definition) is 2. The van der Waals surface area contributed by atoms with Gasteiger partial charge in [0.1, 0.15) is 0 Å². The van der Waals surface area contributed by atoms with Gasteiger partial charge in [-0.1, -0.05) is 73.5 Å². The lowest BCUT2D eigenvalue weighted by molar-refractivity contribution is 0.0491. The first kappa shape index (κ1) is 29.0. The second-order valence-corrected chi connectivity index (χ2v) is 9.36. The van der Waals surface area contributed by atoms with E-state index in [-0.39, 0.29) is 23.3 Å². The lowest BCUT2D eigenvalue weighted by Crippen LogP contribution is -2.22. The van der Waals surface area contributed by atoms with Gasteiger partial charge in [-0.2, -0.15) is 0 Å². The molecule has 4 aromatic carbocycles. The molecule has 0 atom stereocenters. The van der Waals surface area contributed by atoms with Gasteiger partial charge in [-0.25, -0.2) is 9.59 Å². The van der Waals surface area contributed by atoms with Crippen molar-refractivity contribution in [3.63, 3.8) is 0 Å². The van der Waals surface area contributed by atoms with Gasteiger partial charge in [0.05, 0.1) is 28.9 Å². The molecule has 0 bridgehead atoms. The maximum Gasteiger partial charge on any atom is 0.343 e. The molecule has 0 saturated carbocycles. The number of carbonyl (C=O) groups excluding carboxylic acids is 4. The summed E-state index contributed by atoms with van der Waals surface area (Å²) in [5.74, 6) is -6.80. The molecule has 8 nitrogen and oxygen atoms in total. The molecule has 4 rings (SSSR count). The van der Waals surface area contributed by atoms with Crippen LogP contribution < -0.4 is 4.74 Å². The van der Waals surface area contributed by atoms with E-state index in [1.807, 2.05) is 6.92 Å². The van der Waals surface area contributed by atoms with Crippen molar-refractivity contribution in [3.8, 4) is 17.2 Å². The van der Waals surface area contributed by atoms with Crippen LogP contribution in [0.3, 0.4) is 0 Å². The molecule has 0 aliphatic heterocycles. The molecular formula is C32H25ClO8. The number of aromatic hydroxyl groups is 2. The zero-order valence-electron chi connectivity index (χ0n) is 21.9. The van der Waals surface area contributed by atoms with Gasteiger partial charge < -0.3 is 19.7 Å². The van der Waals surface area contributed by atoms with Crippen molar-refractivity contribution in [1.82, 2.24) is 0 Å². The summed E-state index contributed by atoms with van der Waals surface area (Å²) < 4.78 is 10.8. The molecule has 0 amide bonds. The third kappa shape index (κ3) is 6.28. The van der Waals surface area contributed by atoms with Crippen LogP contribution in [0.5, 0.6) is 17.2 Å². The average molecular weight is 573 g/mol. The first-order valence-corrected chi connectivity index (χ1v) is 13.1. The molecule has 0 aliphatic rings. The van der Waals surface area contributed by atoms with Crippen LogP contribution in [0.1, 0.15) is 72.3 Å². The Morgan fingerprint density at radius 1 is 0.659 bits per heavy atom. The molecule has 2 N–H and O–H groups in total. The molecule has 9 heteroatoms. The minimum atomic E-state index is -1.12. The predicted molar refractivity (Wildman–Crippen MR) is 151 cm³/mol. The SMILES string of the molecule is CCCCOC(=O)c1c(C(=O)c2ccccc2)c(O)c(O)c(OC(=O)c2ccccc2)c1C(=O)c1ccc(Cl)cc1. The smallest absolute Gasteiger partial charge is 0.343 e. The van der Waals surface area contributed by atoms with Gasteiger partial charge in [0.25, 0.3) is 0 Å². The average Bonchev–Trinajstić information content (AvgIpc) is 3.00. The van der Waals surface area contributed by atoms with E-state index in [2.05, 4.69) is 0 Å². The Balaban J connectivity index is 2.03. The highest BCUT2D eigenvalue weighted by Gasteiger charge is 2.37. The van der Waals surface area contributed by atoms with E-state index in [0.29, 0.717) is 17.9 Å². The van der Waals surface area contributed by atoms with Crippen LogP contribution in [-0.4, -0.2) is 40.3 Å². The second-order valence-electron chi connectivity index (χ2n) is 8.93. The maximum absolute atomic E-state index is 14.0. The number of unbranched alkanes of at least 4 members (excludes halogenated alkanes) is 1. The van der Waals surface area contributed by atoms with Gasteiger partial charge in [-0.3, -0.25) is 9.59 Å². The molecule has 0 unspecified atom stereocenters. The molecule has 208 valence electrons. The number of carbonyl (C=O) groups is 4. The number of halogens is 1. The molecule has 0 aliphatic carbocycles. The summed E-state index contributed by atoms with van der Waals surface area (Å²) in [6.07, 6.45) is 1.16. The van der Waals surface area contributed by atoms with E-state index < -0.39 is 57.4 Å². The van der Waals surface area contributed by atoms with Crippen molar-refractivity contribution in [2.75, 3.05) is 6.61 Å². The van der Waals surface area contributed by atoms with Gasteiger partial charge in [0.15, 0.2) is 23.1 Å². The molecule has 0 heterocycles. The summed E-state index contributed by atoms with van der Waals surface area (Å²) in [5, 5.41) is 22.5. The highest BCUT2D eigenvalue weighted by molar-refractivity contribution is 6.31. The third-order valence-electron chi connectivity index (χ3n) is 6.14. The Morgan fingerprint density at radius 2 is 1.20 bits per heavy atom. The van der Waals surface area contributed by atoms with Gasteiger partial charge in [-0.15, -0.1) is 0 Å². The zero-order chi connectivity index (χ0) is 29.5. The van der Waals surface area contributed by atoms with Gasteiger partial charge >= 0.3 is 11.9 Å². The van der Waals surface area contributed by atoms with Crippen molar-refractivity contribution in [3.05, 3.63) is 123 Å². The van der Waals surface area contributed by atoms with E-state index in [1.165, 1.54) is 48.5 Å². The summed E-state index contributed by atoms with van der Waals surface area (Å²) in [6, 6.07) is 21.0. The zero-order valence-corrected chi connectivity index (χ0v) is 22.7. The topological polar surface area (TPSA) is 127 Å². The number of rotatable bonds is 10. The Labute approximate surface area is 240 Å². The van der Waals surface area contributed by atoms with Crippen LogP contribution in [0, 0.1) is 0 Å². The fraction of sp³-hybridized carbons (Fsp3) is 0.125. The summed E-state index contributed by atoms with van der Waals surface area (Å²) >= 11 is 5.99. The number of phenols is 2. The minimum absolute atomic E-state index is 0.00258. The van der Waals surface area contributed by atoms with Crippen LogP contribution in [0.4, 0.5) is 0 Å². The number of phenolic OH excluding ortho intramolecular Hbond substituents is 2. The van der Waals surface area contributed by atoms with E-state index in [0.717, 1.165) is 0 Å². The summed E-state index contributed by atoms with van der Waals surface area (Å²) in [7, 11) is 0. The summed E-state index contributed by atoms with van der Waals surface area (Å²) in [6.45, 7) is 1.82. The Morgan fingerprint density at radius 3 is 1.78 bits per heavy atom. The van der Waals surface area contributed by atoms with Crippen molar-refractivity contribution in [1.29, 1.82) is 0 Å². The van der Waals surface area contributed by atoms with E-state index in [4.69, 9.17) is 21.1 Å².